The first-order chi connectivity index (χ1) is 5.31. The van der Waals surface area contributed by atoms with Gasteiger partial charge in [-0.2, -0.15) is 0 Å². The molecule has 0 saturated heterocycles. The molecule has 0 heterocycles. The van der Waals surface area contributed by atoms with E-state index in [1.807, 2.05) is 6.92 Å². The Morgan fingerprint density at radius 2 is 2.25 bits per heavy atom. The Hall–Kier alpha value is -0.480. The van der Waals surface area contributed by atoms with E-state index in [0.717, 1.165) is 12.8 Å². The monoisotopic (exact) mass is 196 g/mol. The van der Waals surface area contributed by atoms with Crippen LogP contribution < -0.4 is 11.1 Å². The van der Waals surface area contributed by atoms with Gasteiger partial charge in [0.1, 0.15) is 0 Å². The molecule has 1 amide bonds. The van der Waals surface area contributed by atoms with Crippen LogP contribution in [0.1, 0.15) is 19.8 Å². The first kappa shape index (κ1) is 14.1. The normalized spacial score (nSPS) is 8.50. The van der Waals surface area contributed by atoms with Gasteiger partial charge in [0, 0.05) is 13.1 Å². The molecule has 3 N–H and O–H groups in total. The number of halogens is 1. The first-order valence-corrected chi connectivity index (χ1v) is 3.92. The van der Waals surface area contributed by atoms with Gasteiger partial charge in [-0.25, -0.2) is 4.79 Å². The zero-order chi connectivity index (χ0) is 8.53. The quantitative estimate of drug-likeness (QED) is 0.642. The summed E-state index contributed by atoms with van der Waals surface area (Å²) in [5.41, 5.74) is 5.16. The molecule has 4 nitrogen and oxygen atoms in total. The highest BCUT2D eigenvalue weighted by atomic mass is 35.5. The van der Waals surface area contributed by atoms with E-state index in [4.69, 9.17) is 10.5 Å². The molecule has 0 atom stereocenters. The Balaban J connectivity index is 0. The molecule has 0 aliphatic heterocycles. The van der Waals surface area contributed by atoms with Crippen LogP contribution in [0.4, 0.5) is 4.79 Å². The van der Waals surface area contributed by atoms with Crippen molar-refractivity contribution in [3.8, 4) is 0 Å². The van der Waals surface area contributed by atoms with Crippen LogP contribution in [0, 0.1) is 0 Å². The van der Waals surface area contributed by atoms with Crippen molar-refractivity contribution in [2.45, 2.75) is 19.8 Å². The number of ether oxygens (including phenoxy) is 1. The van der Waals surface area contributed by atoms with Crippen LogP contribution in [0.3, 0.4) is 0 Å². The number of hydrogen-bond acceptors (Lipinski definition) is 3. The van der Waals surface area contributed by atoms with Gasteiger partial charge >= 0.3 is 6.09 Å². The number of carbonyl (C=O) groups excluding carboxylic acids is 1. The Labute approximate surface area is 79.2 Å². The van der Waals surface area contributed by atoms with Crippen molar-refractivity contribution in [3.05, 3.63) is 0 Å². The lowest BCUT2D eigenvalue weighted by Crippen LogP contribution is -2.29. The van der Waals surface area contributed by atoms with E-state index in [1.165, 1.54) is 0 Å². The van der Waals surface area contributed by atoms with Crippen LogP contribution in [-0.2, 0) is 4.74 Å². The van der Waals surface area contributed by atoms with Crippen molar-refractivity contribution in [3.63, 3.8) is 0 Å². The second-order valence-electron chi connectivity index (χ2n) is 2.20. The molecule has 0 fully saturated rings. The summed E-state index contributed by atoms with van der Waals surface area (Å²) in [6.45, 7) is 3.46. The van der Waals surface area contributed by atoms with E-state index in [1.54, 1.807) is 0 Å². The maximum Gasteiger partial charge on any atom is 0.407 e. The van der Waals surface area contributed by atoms with E-state index >= 15 is 0 Å². The molecular weight excluding hydrogens is 180 g/mol. The van der Waals surface area contributed by atoms with Gasteiger partial charge in [0.25, 0.3) is 0 Å². The third kappa shape index (κ3) is 9.52. The molecule has 0 aliphatic rings. The highest BCUT2D eigenvalue weighted by Crippen LogP contribution is 1.87. The van der Waals surface area contributed by atoms with Crippen molar-refractivity contribution in [2.75, 3.05) is 19.7 Å². The SMILES string of the molecule is CCCCOC(=O)NCCN.Cl. The van der Waals surface area contributed by atoms with Crippen LogP contribution in [-0.4, -0.2) is 25.8 Å². The third-order valence-corrected chi connectivity index (χ3v) is 1.14. The second kappa shape index (κ2) is 10.5. The average Bonchev–Trinajstić information content (AvgIpc) is 2.01. The predicted molar refractivity (Wildman–Crippen MR) is 50.6 cm³/mol. The lowest BCUT2D eigenvalue weighted by molar-refractivity contribution is 0.145. The minimum atomic E-state index is -0.371. The summed E-state index contributed by atoms with van der Waals surface area (Å²) in [6.07, 6.45) is 1.57. The summed E-state index contributed by atoms with van der Waals surface area (Å²) in [5.74, 6) is 0. The molecule has 0 spiro atoms. The summed E-state index contributed by atoms with van der Waals surface area (Å²) in [5, 5.41) is 2.51. The van der Waals surface area contributed by atoms with E-state index in [0.29, 0.717) is 19.7 Å². The molecule has 12 heavy (non-hydrogen) atoms. The average molecular weight is 197 g/mol. The van der Waals surface area contributed by atoms with Crippen molar-refractivity contribution < 1.29 is 9.53 Å². The minimum absolute atomic E-state index is 0. The van der Waals surface area contributed by atoms with Crippen LogP contribution in [0.15, 0.2) is 0 Å². The number of amides is 1. The highest BCUT2D eigenvalue weighted by Gasteiger charge is 1.97. The number of carbonyl (C=O) groups is 1. The van der Waals surface area contributed by atoms with Crippen molar-refractivity contribution in [1.82, 2.24) is 5.32 Å². The zero-order valence-electron chi connectivity index (χ0n) is 7.34. The van der Waals surface area contributed by atoms with Gasteiger partial charge in [-0.15, -0.1) is 12.4 Å². The molecule has 0 rings (SSSR count). The molecule has 74 valence electrons. The number of alkyl carbamates (subject to hydrolysis) is 1. The summed E-state index contributed by atoms with van der Waals surface area (Å²) in [4.78, 5) is 10.7. The second-order valence-corrected chi connectivity index (χ2v) is 2.20. The number of nitrogens with one attached hydrogen (secondary N) is 1. The zero-order valence-corrected chi connectivity index (χ0v) is 8.15. The molecule has 5 heteroatoms. The van der Waals surface area contributed by atoms with E-state index in [9.17, 15) is 4.79 Å². The maximum absolute atomic E-state index is 10.7. The molecule has 0 bridgehead atoms. The van der Waals surface area contributed by atoms with Gasteiger partial charge in [0.15, 0.2) is 0 Å². The predicted octanol–water partition coefficient (Wildman–Crippen LogP) is 0.893. The Morgan fingerprint density at radius 1 is 1.58 bits per heavy atom. The van der Waals surface area contributed by atoms with Gasteiger partial charge < -0.3 is 15.8 Å². The minimum Gasteiger partial charge on any atom is -0.450 e. The fraction of sp³-hybridized carbons (Fsp3) is 0.857. The van der Waals surface area contributed by atoms with E-state index < -0.39 is 0 Å². The summed E-state index contributed by atoms with van der Waals surface area (Å²) in [6, 6.07) is 0. The van der Waals surface area contributed by atoms with Gasteiger partial charge in [-0.1, -0.05) is 13.3 Å². The van der Waals surface area contributed by atoms with E-state index in [2.05, 4.69) is 5.32 Å². The van der Waals surface area contributed by atoms with Crippen LogP contribution >= 0.6 is 12.4 Å². The van der Waals surface area contributed by atoms with Gasteiger partial charge in [0.2, 0.25) is 0 Å². The van der Waals surface area contributed by atoms with Gasteiger partial charge in [-0.3, -0.25) is 0 Å². The number of rotatable bonds is 5. The Kier molecular flexibility index (Phi) is 12.3. The number of unbranched alkanes of at least 4 members (excludes halogenated alkanes) is 1. The Bertz CT molecular complexity index is 112. The fourth-order valence-corrected chi connectivity index (χ4v) is 0.534. The Morgan fingerprint density at radius 3 is 2.75 bits per heavy atom. The lowest BCUT2D eigenvalue weighted by atomic mass is 10.4. The van der Waals surface area contributed by atoms with Crippen molar-refractivity contribution in [2.24, 2.45) is 5.73 Å². The highest BCUT2D eigenvalue weighted by molar-refractivity contribution is 5.85. The first-order valence-electron chi connectivity index (χ1n) is 3.92. The van der Waals surface area contributed by atoms with Crippen molar-refractivity contribution in [1.29, 1.82) is 0 Å². The van der Waals surface area contributed by atoms with Crippen LogP contribution in [0.5, 0.6) is 0 Å². The van der Waals surface area contributed by atoms with Crippen LogP contribution in [0.25, 0.3) is 0 Å². The third-order valence-electron chi connectivity index (χ3n) is 1.14. The molecule has 0 unspecified atom stereocenters. The molecule has 0 radical (unpaired) electrons. The standard InChI is InChI=1S/C7H16N2O2.ClH/c1-2-3-6-11-7(10)9-5-4-8;/h2-6,8H2,1H3,(H,9,10);1H. The number of nitrogens with two attached hydrogens (primary N) is 1. The topological polar surface area (TPSA) is 64.3 Å². The molecule has 0 saturated carbocycles. The lowest BCUT2D eigenvalue weighted by Gasteiger charge is -2.03. The smallest absolute Gasteiger partial charge is 0.407 e. The van der Waals surface area contributed by atoms with Crippen molar-refractivity contribution >= 4 is 18.5 Å². The largest absolute Gasteiger partial charge is 0.450 e. The van der Waals surface area contributed by atoms with Crippen LogP contribution in [0.2, 0.25) is 0 Å². The summed E-state index contributed by atoms with van der Waals surface area (Å²) in [7, 11) is 0. The summed E-state index contributed by atoms with van der Waals surface area (Å²) >= 11 is 0. The molecule has 0 aliphatic carbocycles. The van der Waals surface area contributed by atoms with E-state index in [-0.39, 0.29) is 18.5 Å². The summed E-state index contributed by atoms with van der Waals surface area (Å²) < 4.78 is 4.78. The number of hydrogen-bond donors (Lipinski definition) is 2. The fourth-order valence-electron chi connectivity index (χ4n) is 0.534. The molecule has 0 aromatic rings. The molecule has 0 aromatic carbocycles. The molecular formula is C7H17ClN2O2. The molecule has 0 aromatic heterocycles. The van der Waals surface area contributed by atoms with Gasteiger partial charge in [-0.05, 0) is 6.42 Å². The van der Waals surface area contributed by atoms with Gasteiger partial charge in [0.05, 0.1) is 6.61 Å². The maximum atomic E-state index is 10.7.